The third-order valence-electron chi connectivity index (χ3n) is 5.43. The number of para-hydroxylation sites is 1. The fourth-order valence-electron chi connectivity index (χ4n) is 3.74. The molecule has 0 aliphatic carbocycles. The lowest BCUT2D eigenvalue weighted by Crippen LogP contribution is -2.49. The lowest BCUT2D eigenvalue weighted by molar-refractivity contribution is -0.137. The number of anilines is 1. The minimum atomic E-state index is -4.54. The molecule has 32 heavy (non-hydrogen) atoms. The maximum absolute atomic E-state index is 13.1. The van der Waals surface area contributed by atoms with Crippen LogP contribution in [-0.2, 0) is 17.6 Å². The van der Waals surface area contributed by atoms with Crippen molar-refractivity contribution in [1.29, 1.82) is 0 Å². The van der Waals surface area contributed by atoms with Gasteiger partial charge in [0.2, 0.25) is 5.91 Å². The minimum Gasteiger partial charge on any atom is -0.324 e. The van der Waals surface area contributed by atoms with E-state index in [1.165, 1.54) is 22.9 Å². The number of carbonyl (C=O) groups excluding carboxylic acids is 1. The van der Waals surface area contributed by atoms with Gasteiger partial charge in [0.15, 0.2) is 0 Å². The van der Waals surface area contributed by atoms with E-state index in [1.54, 1.807) is 12.3 Å². The largest absolute Gasteiger partial charge is 0.418 e. The summed E-state index contributed by atoms with van der Waals surface area (Å²) in [5.41, 5.74) is -1.27. The molecule has 1 aromatic heterocycles. The molecule has 168 valence electrons. The summed E-state index contributed by atoms with van der Waals surface area (Å²) in [5.74, 6) is -0.498. The van der Waals surface area contributed by atoms with Crippen molar-refractivity contribution in [2.45, 2.75) is 12.8 Å². The number of nitrogens with zero attached hydrogens (tertiary/aromatic N) is 4. The normalized spacial score (nSPS) is 15.7. The first kappa shape index (κ1) is 22.0. The summed E-state index contributed by atoms with van der Waals surface area (Å²) in [6, 6.07) is 12.2. The minimum absolute atomic E-state index is 0.00575. The van der Waals surface area contributed by atoms with Crippen molar-refractivity contribution < 1.29 is 18.0 Å². The third-order valence-corrected chi connectivity index (χ3v) is 5.43. The highest BCUT2D eigenvalue weighted by molar-refractivity contribution is 5.93. The second kappa shape index (κ2) is 9.09. The lowest BCUT2D eigenvalue weighted by atomic mass is 10.1. The summed E-state index contributed by atoms with van der Waals surface area (Å²) in [4.78, 5) is 28.9. The molecule has 2 heterocycles. The molecule has 0 saturated carbocycles. The van der Waals surface area contributed by atoms with E-state index in [4.69, 9.17) is 0 Å². The maximum Gasteiger partial charge on any atom is 0.418 e. The number of benzene rings is 2. The highest BCUT2D eigenvalue weighted by atomic mass is 19.4. The first-order valence-corrected chi connectivity index (χ1v) is 10.2. The van der Waals surface area contributed by atoms with Crippen molar-refractivity contribution in [2.24, 2.45) is 0 Å². The molecule has 1 amide bonds. The summed E-state index contributed by atoms with van der Waals surface area (Å²) in [6.45, 7) is 2.64. The molecule has 1 N–H and O–H groups in total. The van der Waals surface area contributed by atoms with E-state index in [0.29, 0.717) is 38.2 Å². The Balaban J connectivity index is 1.32. The SMILES string of the molecule is O=C(CN1CCN(Cn2ncc3ccccc3c2=O)CC1)Nc1ccccc1C(F)(F)F. The zero-order valence-electron chi connectivity index (χ0n) is 17.2. The molecule has 0 atom stereocenters. The molecular weight excluding hydrogens is 423 g/mol. The molecule has 1 saturated heterocycles. The molecule has 7 nitrogen and oxygen atoms in total. The van der Waals surface area contributed by atoms with Crippen LogP contribution in [0, 0.1) is 0 Å². The molecular formula is C22H22F3N5O2. The van der Waals surface area contributed by atoms with Crippen molar-refractivity contribution in [2.75, 3.05) is 38.0 Å². The Morgan fingerprint density at radius 1 is 0.969 bits per heavy atom. The van der Waals surface area contributed by atoms with Gasteiger partial charge in [0.25, 0.3) is 5.56 Å². The van der Waals surface area contributed by atoms with Crippen LogP contribution in [-0.4, -0.2) is 58.2 Å². The van der Waals surface area contributed by atoms with Crippen molar-refractivity contribution in [3.05, 3.63) is 70.6 Å². The molecule has 1 aliphatic heterocycles. The van der Waals surface area contributed by atoms with Gasteiger partial charge >= 0.3 is 6.18 Å². The number of aromatic nitrogens is 2. The van der Waals surface area contributed by atoms with Crippen LogP contribution < -0.4 is 10.9 Å². The Morgan fingerprint density at radius 3 is 2.38 bits per heavy atom. The molecule has 0 radical (unpaired) electrons. The fourth-order valence-corrected chi connectivity index (χ4v) is 3.74. The van der Waals surface area contributed by atoms with Crippen molar-refractivity contribution in [3.8, 4) is 0 Å². The Bertz CT molecular complexity index is 1170. The number of rotatable bonds is 5. The summed E-state index contributed by atoms with van der Waals surface area (Å²) in [7, 11) is 0. The highest BCUT2D eigenvalue weighted by Gasteiger charge is 2.33. The second-order valence-corrected chi connectivity index (χ2v) is 7.66. The van der Waals surface area contributed by atoms with Gasteiger partial charge < -0.3 is 5.32 Å². The average molecular weight is 445 g/mol. The van der Waals surface area contributed by atoms with E-state index in [9.17, 15) is 22.8 Å². The van der Waals surface area contributed by atoms with Gasteiger partial charge in [-0.25, -0.2) is 4.68 Å². The van der Waals surface area contributed by atoms with Crippen LogP contribution in [0.1, 0.15) is 5.56 Å². The number of hydrogen-bond donors (Lipinski definition) is 1. The van der Waals surface area contributed by atoms with Crippen molar-refractivity contribution in [3.63, 3.8) is 0 Å². The molecule has 0 spiro atoms. The van der Waals surface area contributed by atoms with Crippen LogP contribution in [0.2, 0.25) is 0 Å². The van der Waals surface area contributed by atoms with Gasteiger partial charge in [-0.05, 0) is 18.2 Å². The molecule has 0 unspecified atom stereocenters. The molecule has 3 aromatic rings. The third kappa shape index (κ3) is 4.97. The van der Waals surface area contributed by atoms with Gasteiger partial charge in [-0.1, -0.05) is 30.3 Å². The highest BCUT2D eigenvalue weighted by Crippen LogP contribution is 2.34. The predicted molar refractivity (Wildman–Crippen MR) is 114 cm³/mol. The smallest absolute Gasteiger partial charge is 0.324 e. The number of nitrogens with one attached hydrogen (secondary N) is 1. The molecule has 2 aromatic carbocycles. The van der Waals surface area contributed by atoms with Crippen LogP contribution in [0.15, 0.2) is 59.5 Å². The van der Waals surface area contributed by atoms with E-state index in [0.717, 1.165) is 11.5 Å². The van der Waals surface area contributed by atoms with Crippen LogP contribution in [0.4, 0.5) is 18.9 Å². The van der Waals surface area contributed by atoms with Crippen molar-refractivity contribution in [1.82, 2.24) is 19.6 Å². The molecule has 1 fully saturated rings. The summed E-state index contributed by atoms with van der Waals surface area (Å²) in [5, 5.41) is 8.00. The quantitative estimate of drug-likeness (QED) is 0.654. The number of fused-ring (bicyclic) bond motifs is 1. The Hall–Kier alpha value is -3.24. The van der Waals surface area contributed by atoms with Gasteiger partial charge in [-0.3, -0.25) is 19.4 Å². The van der Waals surface area contributed by atoms with Gasteiger partial charge in [0, 0.05) is 31.6 Å². The first-order chi connectivity index (χ1) is 15.3. The van der Waals surface area contributed by atoms with E-state index in [-0.39, 0.29) is 17.8 Å². The number of halogens is 3. The number of amides is 1. The Kier molecular flexibility index (Phi) is 6.24. The van der Waals surface area contributed by atoms with Gasteiger partial charge in [0.1, 0.15) is 0 Å². The Morgan fingerprint density at radius 2 is 1.62 bits per heavy atom. The van der Waals surface area contributed by atoms with Crippen LogP contribution in [0.5, 0.6) is 0 Å². The second-order valence-electron chi connectivity index (χ2n) is 7.66. The predicted octanol–water partition coefficient (Wildman–Crippen LogP) is 2.63. The standard InChI is InChI=1S/C22H22F3N5O2/c23-22(24,25)18-7-3-4-8-19(18)27-20(31)14-28-9-11-29(12-10-28)15-30-21(32)17-6-2-1-5-16(17)13-26-30/h1-8,13H,9-12,14-15H2,(H,27,31). The summed E-state index contributed by atoms with van der Waals surface area (Å²) < 4.78 is 40.7. The van der Waals surface area contributed by atoms with Gasteiger partial charge in [0.05, 0.1) is 36.0 Å². The average Bonchev–Trinajstić information content (AvgIpc) is 2.77. The van der Waals surface area contributed by atoms with Gasteiger partial charge in [-0.2, -0.15) is 18.3 Å². The fraction of sp³-hybridized carbons (Fsp3) is 0.318. The van der Waals surface area contributed by atoms with Crippen LogP contribution in [0.25, 0.3) is 10.8 Å². The van der Waals surface area contributed by atoms with E-state index < -0.39 is 17.6 Å². The number of alkyl halides is 3. The van der Waals surface area contributed by atoms with E-state index >= 15 is 0 Å². The number of piperazine rings is 1. The zero-order chi connectivity index (χ0) is 22.7. The van der Waals surface area contributed by atoms with Crippen LogP contribution in [0.3, 0.4) is 0 Å². The van der Waals surface area contributed by atoms with Gasteiger partial charge in [-0.15, -0.1) is 0 Å². The zero-order valence-corrected chi connectivity index (χ0v) is 17.2. The monoisotopic (exact) mass is 445 g/mol. The van der Waals surface area contributed by atoms with E-state index in [1.807, 2.05) is 23.1 Å². The number of carbonyl (C=O) groups is 1. The van der Waals surface area contributed by atoms with Crippen molar-refractivity contribution >= 4 is 22.4 Å². The molecule has 4 rings (SSSR count). The molecule has 1 aliphatic rings. The van der Waals surface area contributed by atoms with E-state index in [2.05, 4.69) is 15.3 Å². The lowest BCUT2D eigenvalue weighted by Gasteiger charge is -2.34. The number of hydrogen-bond acceptors (Lipinski definition) is 5. The topological polar surface area (TPSA) is 70.5 Å². The summed E-state index contributed by atoms with van der Waals surface area (Å²) in [6.07, 6.45) is -2.87. The summed E-state index contributed by atoms with van der Waals surface area (Å²) >= 11 is 0. The molecule has 0 bridgehead atoms. The first-order valence-electron chi connectivity index (χ1n) is 10.2. The Labute approximate surface area is 182 Å². The molecule has 10 heteroatoms. The van der Waals surface area contributed by atoms with Crippen LogP contribution >= 0.6 is 0 Å². The maximum atomic E-state index is 13.1.